The molecule has 1 aromatic heterocycles. The molecule has 0 unspecified atom stereocenters. The quantitative estimate of drug-likeness (QED) is 0.660. The third-order valence-electron chi connectivity index (χ3n) is 2.92. The molecule has 0 saturated carbocycles. The van der Waals surface area contributed by atoms with Gasteiger partial charge in [0, 0.05) is 25.4 Å². The van der Waals surface area contributed by atoms with Crippen LogP contribution in [0.15, 0.2) is 36.5 Å². The highest BCUT2D eigenvalue weighted by molar-refractivity contribution is 6.32. The summed E-state index contributed by atoms with van der Waals surface area (Å²) in [5, 5.41) is 5.99. The van der Waals surface area contributed by atoms with Crippen LogP contribution in [-0.4, -0.2) is 18.1 Å². The smallest absolute Gasteiger partial charge is 0.417 e. The summed E-state index contributed by atoms with van der Waals surface area (Å²) in [6, 6.07) is 8.40. The van der Waals surface area contributed by atoms with E-state index in [-0.39, 0.29) is 23.2 Å². The lowest BCUT2D eigenvalue weighted by Crippen LogP contribution is -3.00. The van der Waals surface area contributed by atoms with E-state index in [4.69, 9.17) is 11.6 Å². The number of alkyl halides is 3. The molecular weight excluding hydrogens is 352 g/mol. The molecule has 9 heteroatoms. The van der Waals surface area contributed by atoms with E-state index in [2.05, 4.69) is 21.4 Å². The van der Waals surface area contributed by atoms with Crippen LogP contribution in [0.25, 0.3) is 0 Å². The average Bonchev–Trinajstić information content (AvgIpc) is 2.45. The summed E-state index contributed by atoms with van der Waals surface area (Å²) in [4.78, 5) is 3.70. The number of quaternary nitrogens is 1. The fraction of sp³-hybridized carbons (Fsp3) is 0.214. The molecule has 1 aromatic carbocycles. The number of rotatable bonds is 5. The number of aromatic nitrogens is 1. The fourth-order valence-corrected chi connectivity index (χ4v) is 2.03. The maximum Gasteiger partial charge on any atom is 0.417 e. The van der Waals surface area contributed by atoms with Gasteiger partial charge in [-0.25, -0.2) is 4.98 Å². The molecule has 1 heterocycles. The Hall–Kier alpha value is -1.70. The Labute approximate surface area is 142 Å². The second-order valence-corrected chi connectivity index (χ2v) is 4.97. The number of benzene rings is 1. The standard InChI is InChI=1S/C14H14ClF3N4.ClH/c15-10-7-9(14(16,17)18)8-22-13(10)21-6-5-20-12-4-2-1-3-11(12)19;/h1-4,7-8,20H,5-6,19H2,(H,21,22);1H. The number of halogens is 5. The Bertz CT molecular complexity index is 650. The average molecular weight is 367 g/mol. The maximum absolute atomic E-state index is 12.5. The van der Waals surface area contributed by atoms with Crippen molar-refractivity contribution in [2.75, 3.05) is 23.7 Å². The molecule has 5 N–H and O–H groups in total. The van der Waals surface area contributed by atoms with Gasteiger partial charge in [-0.3, -0.25) is 0 Å². The molecule has 2 aromatic rings. The summed E-state index contributed by atoms with van der Waals surface area (Å²) in [5.74, 6) is 0.222. The Morgan fingerprint density at radius 3 is 2.39 bits per heavy atom. The van der Waals surface area contributed by atoms with Crippen molar-refractivity contribution >= 4 is 28.8 Å². The van der Waals surface area contributed by atoms with E-state index >= 15 is 0 Å². The number of anilines is 2. The van der Waals surface area contributed by atoms with E-state index < -0.39 is 11.7 Å². The zero-order valence-electron chi connectivity index (χ0n) is 11.9. The zero-order chi connectivity index (χ0) is 16.2. The SMILES string of the molecule is [Cl-].[NH3+]c1ccccc1NCCNc1ncc(C(F)(F)F)cc1Cl. The van der Waals surface area contributed by atoms with Gasteiger partial charge in [0.05, 0.1) is 16.3 Å². The normalized spacial score (nSPS) is 10.8. The van der Waals surface area contributed by atoms with Crippen LogP contribution in [0.3, 0.4) is 0 Å². The zero-order valence-corrected chi connectivity index (χ0v) is 13.4. The number of nitrogens with one attached hydrogen (secondary N) is 2. The summed E-state index contributed by atoms with van der Waals surface area (Å²) < 4.78 is 37.5. The molecule has 23 heavy (non-hydrogen) atoms. The Kier molecular flexibility index (Phi) is 6.93. The molecule has 0 amide bonds. The fourth-order valence-electron chi connectivity index (χ4n) is 1.79. The van der Waals surface area contributed by atoms with E-state index in [1.54, 1.807) is 0 Å². The minimum atomic E-state index is -4.45. The van der Waals surface area contributed by atoms with Gasteiger partial charge in [-0.1, -0.05) is 23.7 Å². The second-order valence-electron chi connectivity index (χ2n) is 4.56. The molecule has 126 valence electrons. The number of pyridine rings is 1. The summed E-state index contributed by atoms with van der Waals surface area (Å²) in [7, 11) is 0. The predicted molar refractivity (Wildman–Crippen MR) is 80.2 cm³/mol. The van der Waals surface area contributed by atoms with Crippen molar-refractivity contribution in [3.8, 4) is 0 Å². The Balaban J connectivity index is 0.00000264. The van der Waals surface area contributed by atoms with Crippen LogP contribution < -0.4 is 28.8 Å². The minimum absolute atomic E-state index is 0. The van der Waals surface area contributed by atoms with Gasteiger partial charge in [-0.2, -0.15) is 13.2 Å². The largest absolute Gasteiger partial charge is 1.00 e. The maximum atomic E-state index is 12.5. The number of nitrogens with zero attached hydrogens (tertiary/aromatic N) is 1. The van der Waals surface area contributed by atoms with Gasteiger partial charge in [-0.05, 0) is 12.1 Å². The Morgan fingerprint density at radius 2 is 1.78 bits per heavy atom. The van der Waals surface area contributed by atoms with Gasteiger partial charge in [0.25, 0.3) is 0 Å². The number of para-hydroxylation sites is 1. The topological polar surface area (TPSA) is 64.6 Å². The second kappa shape index (κ2) is 8.24. The third-order valence-corrected chi connectivity index (χ3v) is 3.21. The van der Waals surface area contributed by atoms with Crippen molar-refractivity contribution in [2.45, 2.75) is 6.18 Å². The summed E-state index contributed by atoms with van der Waals surface area (Å²) in [5.41, 5.74) is 4.78. The third kappa shape index (κ3) is 5.46. The van der Waals surface area contributed by atoms with Crippen LogP contribution >= 0.6 is 11.6 Å². The van der Waals surface area contributed by atoms with Gasteiger partial charge >= 0.3 is 6.18 Å². The van der Waals surface area contributed by atoms with Gasteiger partial charge in [-0.15, -0.1) is 0 Å². The summed E-state index contributed by atoms with van der Waals surface area (Å²) >= 11 is 5.80. The predicted octanol–water partition coefficient (Wildman–Crippen LogP) is 0.155. The number of hydrogen-bond donors (Lipinski definition) is 3. The molecule has 0 spiro atoms. The summed E-state index contributed by atoms with van der Waals surface area (Å²) in [6.07, 6.45) is -3.69. The lowest BCUT2D eigenvalue weighted by atomic mass is 10.2. The molecule has 0 aliphatic heterocycles. The molecular formula is C14H15Cl2F3N4. The lowest BCUT2D eigenvalue weighted by Gasteiger charge is -2.11. The van der Waals surface area contributed by atoms with Gasteiger partial charge < -0.3 is 28.8 Å². The molecule has 0 radical (unpaired) electrons. The molecule has 0 aliphatic carbocycles. The molecule has 0 fully saturated rings. The first-order valence-corrected chi connectivity index (χ1v) is 6.87. The van der Waals surface area contributed by atoms with Crippen molar-refractivity contribution in [3.05, 3.63) is 47.1 Å². The highest BCUT2D eigenvalue weighted by atomic mass is 35.5. The monoisotopic (exact) mass is 366 g/mol. The van der Waals surface area contributed by atoms with Crippen LogP contribution in [-0.2, 0) is 6.18 Å². The van der Waals surface area contributed by atoms with E-state index in [1.807, 2.05) is 24.3 Å². The minimum Gasteiger partial charge on any atom is -1.00 e. The van der Waals surface area contributed by atoms with Crippen molar-refractivity contribution in [1.29, 1.82) is 0 Å². The van der Waals surface area contributed by atoms with Gasteiger partial charge in [0.2, 0.25) is 0 Å². The first kappa shape index (κ1) is 19.3. The van der Waals surface area contributed by atoms with Crippen LogP contribution in [0, 0.1) is 0 Å². The van der Waals surface area contributed by atoms with Crippen molar-refractivity contribution in [1.82, 2.24) is 4.98 Å². The first-order chi connectivity index (χ1) is 10.4. The molecule has 4 nitrogen and oxygen atoms in total. The van der Waals surface area contributed by atoms with Crippen molar-refractivity contribution in [3.63, 3.8) is 0 Å². The van der Waals surface area contributed by atoms with Crippen molar-refractivity contribution in [2.24, 2.45) is 0 Å². The highest BCUT2D eigenvalue weighted by Crippen LogP contribution is 2.32. The number of hydrogen-bond acceptors (Lipinski definition) is 3. The van der Waals surface area contributed by atoms with Gasteiger partial charge in [0.15, 0.2) is 5.69 Å². The first-order valence-electron chi connectivity index (χ1n) is 6.49. The van der Waals surface area contributed by atoms with Crippen LogP contribution in [0.1, 0.15) is 5.56 Å². The van der Waals surface area contributed by atoms with Crippen LogP contribution in [0.4, 0.5) is 30.4 Å². The summed E-state index contributed by atoms with van der Waals surface area (Å²) in [6.45, 7) is 0.998. The highest BCUT2D eigenvalue weighted by Gasteiger charge is 2.31. The lowest BCUT2D eigenvalue weighted by molar-refractivity contribution is -0.253. The molecule has 0 aliphatic rings. The molecule has 0 saturated heterocycles. The van der Waals surface area contributed by atoms with E-state index in [1.165, 1.54) is 0 Å². The molecule has 0 atom stereocenters. The van der Waals surface area contributed by atoms with E-state index in [0.29, 0.717) is 13.1 Å². The van der Waals surface area contributed by atoms with Gasteiger partial charge in [0.1, 0.15) is 5.82 Å². The van der Waals surface area contributed by atoms with Crippen molar-refractivity contribution < 1.29 is 31.3 Å². The molecule has 0 bridgehead atoms. The molecule has 2 rings (SSSR count). The Morgan fingerprint density at radius 1 is 1.13 bits per heavy atom. The van der Waals surface area contributed by atoms with E-state index in [9.17, 15) is 13.2 Å². The van der Waals surface area contributed by atoms with E-state index in [0.717, 1.165) is 23.6 Å². The van der Waals surface area contributed by atoms with Crippen LogP contribution in [0.2, 0.25) is 5.02 Å². The van der Waals surface area contributed by atoms with Crippen LogP contribution in [0.5, 0.6) is 0 Å².